The number of hydrogen-bond donors (Lipinski definition) is 0. The number of hydrogen-bond acceptors (Lipinski definition) is 3. The van der Waals surface area contributed by atoms with Crippen LogP contribution in [0, 0.1) is 0 Å². The quantitative estimate of drug-likeness (QED) is 0.692. The molecule has 6 heteroatoms. The molecule has 0 bridgehead atoms. The van der Waals surface area contributed by atoms with E-state index in [2.05, 4.69) is 37.7 Å². The number of halogens is 2. The molecule has 0 radical (unpaired) electrons. The molecule has 0 saturated carbocycles. The molecule has 3 aromatic rings. The van der Waals surface area contributed by atoms with Gasteiger partial charge in [-0.15, -0.1) is 0 Å². The van der Waals surface area contributed by atoms with Crippen molar-refractivity contribution in [3.05, 3.63) is 58.0 Å². The molecule has 1 aromatic carbocycles. The summed E-state index contributed by atoms with van der Waals surface area (Å²) in [5.74, 6) is 0.807. The number of rotatable bonds is 3. The Morgan fingerprint density at radius 3 is 2.86 bits per heavy atom. The molecule has 3 rings (SSSR count). The molecule has 108 valence electrons. The van der Waals surface area contributed by atoms with Gasteiger partial charge in [-0.25, -0.2) is 9.97 Å². The second kappa shape index (κ2) is 5.66. The zero-order valence-electron chi connectivity index (χ0n) is 11.7. The van der Waals surface area contributed by atoms with Gasteiger partial charge in [-0.1, -0.05) is 29.8 Å². The number of nitrogens with zero attached hydrogens (tertiary/aromatic N) is 4. The van der Waals surface area contributed by atoms with Crippen molar-refractivity contribution in [2.24, 2.45) is 0 Å². The highest BCUT2D eigenvalue weighted by Gasteiger charge is 2.19. The molecular weight excluding hydrogens is 352 g/mol. The summed E-state index contributed by atoms with van der Waals surface area (Å²) in [7, 11) is 2.00. The zero-order chi connectivity index (χ0) is 15.0. The molecule has 4 nitrogen and oxygen atoms in total. The second-order valence-electron chi connectivity index (χ2n) is 4.85. The van der Waals surface area contributed by atoms with E-state index in [0.29, 0.717) is 0 Å². The molecule has 0 aliphatic carbocycles. The van der Waals surface area contributed by atoms with Crippen molar-refractivity contribution in [2.45, 2.75) is 13.0 Å². The molecule has 21 heavy (non-hydrogen) atoms. The van der Waals surface area contributed by atoms with Crippen LogP contribution < -0.4 is 4.90 Å². The molecule has 0 aliphatic rings. The van der Waals surface area contributed by atoms with Gasteiger partial charge in [-0.2, -0.15) is 0 Å². The highest BCUT2D eigenvalue weighted by atomic mass is 79.9. The van der Waals surface area contributed by atoms with Crippen molar-refractivity contribution in [1.29, 1.82) is 0 Å². The maximum absolute atomic E-state index is 6.30. The van der Waals surface area contributed by atoms with Crippen molar-refractivity contribution in [3.8, 4) is 0 Å². The van der Waals surface area contributed by atoms with Crippen molar-refractivity contribution in [2.75, 3.05) is 11.9 Å². The van der Waals surface area contributed by atoms with E-state index in [9.17, 15) is 0 Å². The molecule has 0 saturated heterocycles. The molecule has 0 aliphatic heterocycles. The van der Waals surface area contributed by atoms with E-state index in [1.165, 1.54) is 0 Å². The molecule has 0 fully saturated rings. The first-order valence-corrected chi connectivity index (χ1v) is 7.71. The van der Waals surface area contributed by atoms with Gasteiger partial charge >= 0.3 is 0 Å². The van der Waals surface area contributed by atoms with E-state index in [4.69, 9.17) is 11.6 Å². The van der Waals surface area contributed by atoms with Crippen LogP contribution in [0.15, 0.2) is 47.5 Å². The third-order valence-electron chi connectivity index (χ3n) is 3.60. The van der Waals surface area contributed by atoms with Crippen LogP contribution in [0.1, 0.15) is 18.5 Å². The van der Waals surface area contributed by atoms with Gasteiger partial charge in [-0.3, -0.25) is 0 Å². The minimum Gasteiger partial charge on any atom is -0.350 e. The number of aromatic nitrogens is 3. The van der Waals surface area contributed by atoms with E-state index in [1.54, 1.807) is 6.20 Å². The van der Waals surface area contributed by atoms with E-state index in [0.717, 1.165) is 26.7 Å². The fourth-order valence-corrected chi connectivity index (χ4v) is 3.01. The Morgan fingerprint density at radius 2 is 2.10 bits per heavy atom. The van der Waals surface area contributed by atoms with Gasteiger partial charge in [0.15, 0.2) is 11.5 Å². The van der Waals surface area contributed by atoms with Crippen LogP contribution >= 0.6 is 27.5 Å². The molecule has 1 unspecified atom stereocenters. The monoisotopic (exact) mass is 364 g/mol. The van der Waals surface area contributed by atoms with Crippen LogP contribution in [0.25, 0.3) is 5.65 Å². The van der Waals surface area contributed by atoms with Crippen molar-refractivity contribution >= 4 is 39.0 Å². The lowest BCUT2D eigenvalue weighted by Gasteiger charge is -2.27. The fourth-order valence-electron chi connectivity index (χ4n) is 2.33. The Balaban J connectivity index is 2.06. The van der Waals surface area contributed by atoms with Crippen molar-refractivity contribution in [1.82, 2.24) is 14.4 Å². The van der Waals surface area contributed by atoms with Crippen LogP contribution in [0.4, 0.5) is 5.82 Å². The van der Waals surface area contributed by atoms with Gasteiger partial charge in [0.05, 0.1) is 6.04 Å². The normalized spacial score (nSPS) is 12.6. The van der Waals surface area contributed by atoms with Crippen LogP contribution in [-0.4, -0.2) is 21.4 Å². The van der Waals surface area contributed by atoms with Gasteiger partial charge < -0.3 is 9.30 Å². The largest absolute Gasteiger partial charge is 0.350 e. The lowest BCUT2D eigenvalue weighted by molar-refractivity contribution is 0.727. The summed E-state index contributed by atoms with van der Waals surface area (Å²) in [6, 6.07) is 7.94. The third kappa shape index (κ3) is 2.63. The summed E-state index contributed by atoms with van der Waals surface area (Å²) in [6.45, 7) is 2.10. The smallest absolute Gasteiger partial charge is 0.180 e. The Hall–Kier alpha value is -1.59. The molecule has 0 spiro atoms. The molecule has 2 aromatic heterocycles. The van der Waals surface area contributed by atoms with E-state index >= 15 is 0 Å². The summed E-state index contributed by atoms with van der Waals surface area (Å²) in [6.07, 6.45) is 5.56. The summed E-state index contributed by atoms with van der Waals surface area (Å²) in [4.78, 5) is 11.0. The van der Waals surface area contributed by atoms with Gasteiger partial charge in [0.2, 0.25) is 0 Å². The molecule has 2 heterocycles. The lowest BCUT2D eigenvalue weighted by atomic mass is 10.1. The first-order chi connectivity index (χ1) is 10.1. The average molecular weight is 366 g/mol. The van der Waals surface area contributed by atoms with E-state index in [-0.39, 0.29) is 6.04 Å². The highest BCUT2D eigenvalue weighted by molar-refractivity contribution is 9.10. The second-order valence-corrected chi connectivity index (χ2v) is 6.07. The van der Waals surface area contributed by atoms with Gasteiger partial charge in [-0.05, 0) is 34.5 Å². The fraction of sp³-hybridized carbons (Fsp3) is 0.200. The first-order valence-electron chi connectivity index (χ1n) is 6.54. The summed E-state index contributed by atoms with van der Waals surface area (Å²) in [5.41, 5.74) is 1.88. The Morgan fingerprint density at radius 1 is 1.33 bits per heavy atom. The first kappa shape index (κ1) is 14.4. The standard InChI is InChI=1S/C15H14BrClN4/c1-10(11-5-3-4-6-12(11)17)20(2)15-14-18-7-8-21(14)9-13(16)19-15/h3-10H,1-2H3. The number of imidazole rings is 1. The van der Waals surface area contributed by atoms with Crippen LogP contribution in [-0.2, 0) is 0 Å². The van der Waals surface area contributed by atoms with Gasteiger partial charge in [0, 0.05) is 30.7 Å². The predicted octanol–water partition coefficient (Wildman–Crippen LogP) is 4.34. The number of benzene rings is 1. The molecule has 0 amide bonds. The van der Waals surface area contributed by atoms with Crippen molar-refractivity contribution < 1.29 is 0 Å². The molecule has 1 atom stereocenters. The Kier molecular flexibility index (Phi) is 3.87. The van der Waals surface area contributed by atoms with Gasteiger partial charge in [0.1, 0.15) is 4.60 Å². The zero-order valence-corrected chi connectivity index (χ0v) is 14.0. The minimum absolute atomic E-state index is 0.0843. The lowest BCUT2D eigenvalue weighted by Crippen LogP contribution is -2.23. The SMILES string of the molecule is CC(c1ccccc1Cl)N(C)c1nc(Br)cn2ccnc12. The summed E-state index contributed by atoms with van der Waals surface area (Å²) >= 11 is 9.75. The topological polar surface area (TPSA) is 33.4 Å². The number of fused-ring (bicyclic) bond motifs is 1. The van der Waals surface area contributed by atoms with Crippen molar-refractivity contribution in [3.63, 3.8) is 0 Å². The number of anilines is 1. The maximum atomic E-state index is 6.30. The Bertz CT molecular complexity index is 786. The predicted molar refractivity (Wildman–Crippen MR) is 89.0 cm³/mol. The van der Waals surface area contributed by atoms with E-state index < -0.39 is 0 Å². The average Bonchev–Trinajstić information content (AvgIpc) is 2.93. The van der Waals surface area contributed by atoms with Gasteiger partial charge in [0.25, 0.3) is 0 Å². The maximum Gasteiger partial charge on any atom is 0.180 e. The third-order valence-corrected chi connectivity index (χ3v) is 4.32. The molecular formula is C15H14BrClN4. The van der Waals surface area contributed by atoms with Crippen LogP contribution in [0.5, 0.6) is 0 Å². The molecule has 0 N–H and O–H groups in total. The highest BCUT2D eigenvalue weighted by Crippen LogP contribution is 2.31. The summed E-state index contributed by atoms with van der Waals surface area (Å²) < 4.78 is 2.71. The van der Waals surface area contributed by atoms with E-state index in [1.807, 2.05) is 48.1 Å². The van der Waals surface area contributed by atoms with Crippen LogP contribution in [0.2, 0.25) is 5.02 Å². The Labute approximate surface area is 136 Å². The summed E-state index contributed by atoms with van der Waals surface area (Å²) in [5, 5.41) is 0.756. The minimum atomic E-state index is 0.0843. The van der Waals surface area contributed by atoms with Crippen LogP contribution in [0.3, 0.4) is 0 Å².